The lowest BCUT2D eigenvalue weighted by Crippen LogP contribution is -2.23. The normalized spacial score (nSPS) is 10.4. The second kappa shape index (κ2) is 7.47. The number of benzene rings is 1. The van der Waals surface area contributed by atoms with Gasteiger partial charge < -0.3 is 16.4 Å². The fraction of sp³-hybridized carbons (Fsp3) is 0.267. The van der Waals surface area contributed by atoms with Crippen LogP contribution in [0.1, 0.15) is 28.6 Å². The van der Waals surface area contributed by atoms with Gasteiger partial charge in [0.15, 0.2) is 0 Å². The average molecular weight is 368 g/mol. The van der Waals surface area contributed by atoms with Gasteiger partial charge in [-0.2, -0.15) is 0 Å². The Morgan fingerprint density at radius 1 is 1.38 bits per heavy atom. The predicted octanol–water partition coefficient (Wildman–Crippen LogP) is 3.84. The van der Waals surface area contributed by atoms with E-state index in [-0.39, 0.29) is 5.91 Å². The zero-order valence-corrected chi connectivity index (χ0v) is 14.2. The molecular weight excluding hydrogens is 350 g/mol. The van der Waals surface area contributed by atoms with Crippen LogP contribution < -0.4 is 16.4 Å². The third kappa shape index (κ3) is 4.47. The van der Waals surface area contributed by atoms with E-state index in [0.717, 1.165) is 21.5 Å². The molecule has 0 unspecified atom stereocenters. The van der Waals surface area contributed by atoms with Gasteiger partial charge in [0.05, 0.1) is 10.7 Å². The Balaban J connectivity index is 2.00. The maximum atomic E-state index is 11.9. The number of hydrogen-bond acceptors (Lipinski definition) is 4. The molecule has 0 aliphatic carbocycles. The van der Waals surface area contributed by atoms with E-state index in [9.17, 15) is 4.79 Å². The zero-order valence-electron chi connectivity index (χ0n) is 11.8. The molecule has 4 nitrogen and oxygen atoms in total. The van der Waals surface area contributed by atoms with E-state index in [1.165, 1.54) is 11.3 Å². The summed E-state index contributed by atoms with van der Waals surface area (Å²) < 4.78 is 1.05. The Morgan fingerprint density at radius 2 is 2.19 bits per heavy atom. The number of carbonyl (C=O) groups is 1. The summed E-state index contributed by atoms with van der Waals surface area (Å²) in [5.41, 5.74) is 7.59. The van der Waals surface area contributed by atoms with Crippen molar-refractivity contribution in [2.45, 2.75) is 19.9 Å². The van der Waals surface area contributed by atoms with Gasteiger partial charge in [0, 0.05) is 17.6 Å². The number of hydrogen-bond donors (Lipinski definition) is 3. The summed E-state index contributed by atoms with van der Waals surface area (Å²) in [5, 5.41) is 7.04. The molecule has 0 atom stereocenters. The van der Waals surface area contributed by atoms with Gasteiger partial charge in [-0.25, -0.2) is 0 Å². The first-order valence-corrected chi connectivity index (χ1v) is 8.37. The van der Waals surface area contributed by atoms with Crippen LogP contribution in [0, 0.1) is 0 Å². The molecule has 21 heavy (non-hydrogen) atoms. The maximum Gasteiger partial charge on any atom is 0.263 e. The average Bonchev–Trinajstić information content (AvgIpc) is 2.84. The van der Waals surface area contributed by atoms with Gasteiger partial charge in [0.2, 0.25) is 0 Å². The van der Waals surface area contributed by atoms with Crippen LogP contribution >= 0.6 is 27.3 Å². The second-order valence-electron chi connectivity index (χ2n) is 4.63. The molecule has 1 amide bonds. The molecule has 1 aromatic heterocycles. The van der Waals surface area contributed by atoms with Crippen molar-refractivity contribution < 1.29 is 4.79 Å². The summed E-state index contributed by atoms with van der Waals surface area (Å²) in [5.74, 6) is -0.102. The van der Waals surface area contributed by atoms with Gasteiger partial charge in [-0.15, -0.1) is 11.3 Å². The SMILES string of the molecule is CCCNC(=O)c1sc(NCc2cccc(Br)c2)cc1N. The summed E-state index contributed by atoms with van der Waals surface area (Å²) in [6.45, 7) is 3.37. The fourth-order valence-electron chi connectivity index (χ4n) is 1.82. The first-order chi connectivity index (χ1) is 10.1. The van der Waals surface area contributed by atoms with E-state index in [4.69, 9.17) is 5.73 Å². The number of nitrogens with one attached hydrogen (secondary N) is 2. The Kier molecular flexibility index (Phi) is 5.64. The Morgan fingerprint density at radius 3 is 2.90 bits per heavy atom. The molecule has 112 valence electrons. The van der Waals surface area contributed by atoms with E-state index >= 15 is 0 Å². The van der Waals surface area contributed by atoms with Crippen LogP contribution in [0.25, 0.3) is 0 Å². The molecule has 4 N–H and O–H groups in total. The number of nitrogens with two attached hydrogens (primary N) is 1. The van der Waals surface area contributed by atoms with Crippen LogP contribution in [0.3, 0.4) is 0 Å². The standard InChI is InChI=1S/C15H18BrN3OS/c1-2-6-18-15(20)14-12(17)8-13(21-14)19-9-10-4-3-5-11(16)7-10/h3-5,7-8,19H,2,6,9,17H2,1H3,(H,18,20). The quantitative estimate of drug-likeness (QED) is 0.726. The minimum Gasteiger partial charge on any atom is -0.397 e. The minimum absolute atomic E-state index is 0.102. The van der Waals surface area contributed by atoms with Crippen LogP contribution in [0.5, 0.6) is 0 Å². The van der Waals surface area contributed by atoms with Crippen LogP contribution in [-0.4, -0.2) is 12.5 Å². The highest BCUT2D eigenvalue weighted by Gasteiger charge is 2.13. The zero-order chi connectivity index (χ0) is 15.2. The first-order valence-electron chi connectivity index (χ1n) is 6.76. The van der Waals surface area contributed by atoms with Crippen molar-refractivity contribution >= 4 is 43.9 Å². The molecule has 0 aliphatic heterocycles. The molecule has 0 radical (unpaired) electrons. The van der Waals surface area contributed by atoms with Gasteiger partial charge in [-0.3, -0.25) is 4.79 Å². The number of amides is 1. The number of carbonyl (C=O) groups excluding carboxylic acids is 1. The van der Waals surface area contributed by atoms with Crippen LogP contribution in [0.4, 0.5) is 10.7 Å². The van der Waals surface area contributed by atoms with Crippen molar-refractivity contribution in [3.05, 3.63) is 45.2 Å². The lowest BCUT2D eigenvalue weighted by Gasteiger charge is -2.04. The smallest absolute Gasteiger partial charge is 0.263 e. The Labute approximate surface area is 136 Å². The summed E-state index contributed by atoms with van der Waals surface area (Å²) in [6, 6.07) is 9.89. The molecule has 2 rings (SSSR count). The molecule has 1 aromatic carbocycles. The van der Waals surface area contributed by atoms with Crippen LogP contribution in [0.15, 0.2) is 34.8 Å². The van der Waals surface area contributed by atoms with Crippen molar-refractivity contribution in [1.82, 2.24) is 5.32 Å². The summed E-state index contributed by atoms with van der Waals surface area (Å²) >= 11 is 4.83. The van der Waals surface area contributed by atoms with Gasteiger partial charge in [-0.1, -0.05) is 35.0 Å². The molecular formula is C15H18BrN3OS. The van der Waals surface area contributed by atoms with Gasteiger partial charge in [0.25, 0.3) is 5.91 Å². The molecule has 0 bridgehead atoms. The highest BCUT2D eigenvalue weighted by Crippen LogP contribution is 2.29. The molecule has 6 heteroatoms. The van der Waals surface area contributed by atoms with Gasteiger partial charge in [-0.05, 0) is 30.2 Å². The van der Waals surface area contributed by atoms with Crippen molar-refractivity contribution in [2.75, 3.05) is 17.6 Å². The minimum atomic E-state index is -0.102. The summed E-state index contributed by atoms with van der Waals surface area (Å²) in [6.07, 6.45) is 0.908. The van der Waals surface area contributed by atoms with E-state index in [1.807, 2.05) is 31.2 Å². The second-order valence-corrected chi connectivity index (χ2v) is 6.60. The van der Waals surface area contributed by atoms with Crippen molar-refractivity contribution in [3.8, 4) is 0 Å². The number of thiophene rings is 1. The molecule has 0 saturated heterocycles. The Hall–Kier alpha value is -1.53. The molecule has 2 aromatic rings. The molecule has 0 spiro atoms. The van der Waals surface area contributed by atoms with E-state index in [1.54, 1.807) is 0 Å². The molecule has 0 saturated carbocycles. The highest BCUT2D eigenvalue weighted by molar-refractivity contribution is 9.10. The molecule has 0 aliphatic rings. The maximum absolute atomic E-state index is 11.9. The topological polar surface area (TPSA) is 67.2 Å². The number of nitrogen functional groups attached to an aromatic ring is 1. The molecule has 1 heterocycles. The van der Waals surface area contributed by atoms with Crippen LogP contribution in [0.2, 0.25) is 0 Å². The van der Waals surface area contributed by atoms with E-state index in [0.29, 0.717) is 23.7 Å². The largest absolute Gasteiger partial charge is 0.397 e. The fourth-order valence-corrected chi connectivity index (χ4v) is 3.16. The predicted molar refractivity (Wildman–Crippen MR) is 92.8 cm³/mol. The third-order valence-electron chi connectivity index (χ3n) is 2.86. The lowest BCUT2D eigenvalue weighted by molar-refractivity contribution is 0.0958. The Bertz CT molecular complexity index is 627. The third-order valence-corrected chi connectivity index (χ3v) is 4.46. The number of anilines is 2. The van der Waals surface area contributed by atoms with E-state index in [2.05, 4.69) is 32.6 Å². The van der Waals surface area contributed by atoms with E-state index < -0.39 is 0 Å². The van der Waals surface area contributed by atoms with Crippen molar-refractivity contribution in [3.63, 3.8) is 0 Å². The van der Waals surface area contributed by atoms with Gasteiger partial charge in [0.1, 0.15) is 4.88 Å². The molecule has 0 fully saturated rings. The summed E-state index contributed by atoms with van der Waals surface area (Å²) in [4.78, 5) is 12.5. The summed E-state index contributed by atoms with van der Waals surface area (Å²) in [7, 11) is 0. The van der Waals surface area contributed by atoms with Crippen molar-refractivity contribution in [2.24, 2.45) is 0 Å². The van der Waals surface area contributed by atoms with Crippen LogP contribution in [-0.2, 0) is 6.54 Å². The number of rotatable bonds is 6. The monoisotopic (exact) mass is 367 g/mol. The number of halogens is 1. The van der Waals surface area contributed by atoms with Crippen molar-refractivity contribution in [1.29, 1.82) is 0 Å². The first kappa shape index (κ1) is 15.9. The lowest BCUT2D eigenvalue weighted by atomic mass is 10.2. The highest BCUT2D eigenvalue weighted by atomic mass is 79.9. The van der Waals surface area contributed by atoms with Gasteiger partial charge >= 0.3 is 0 Å².